The van der Waals surface area contributed by atoms with E-state index in [1.165, 1.54) is 13.2 Å². The molecular weight excluding hydrogens is 580 g/mol. The number of carboxylic acid groups (broad SMARTS) is 1. The molecule has 0 spiro atoms. The van der Waals surface area contributed by atoms with Gasteiger partial charge >= 0.3 is 5.97 Å². The highest BCUT2D eigenvalue weighted by molar-refractivity contribution is 7.91. The molecule has 0 saturated heterocycles. The Hall–Kier alpha value is -4.05. The summed E-state index contributed by atoms with van der Waals surface area (Å²) in [6.45, 7) is 4.23. The highest BCUT2D eigenvalue weighted by Crippen LogP contribution is 2.48. The Labute approximate surface area is 260 Å². The number of anilines is 2. The SMILES string of the molecule is CCCCC1(CCCC)CN(c2ccccc2)c2cc(OC)c(OCC(=O)N[C@@H](C(=O)O)c3ccccc3)cc2S(=O)(=O)C1. The number of amides is 1. The van der Waals surface area contributed by atoms with Crippen molar-refractivity contribution in [3.63, 3.8) is 0 Å². The van der Waals surface area contributed by atoms with Gasteiger partial charge in [-0.1, -0.05) is 88.1 Å². The first kappa shape index (κ1) is 32.9. The van der Waals surface area contributed by atoms with Gasteiger partial charge in [-0.05, 0) is 30.5 Å². The first-order valence-electron chi connectivity index (χ1n) is 15.1. The van der Waals surface area contributed by atoms with Crippen LogP contribution in [0.4, 0.5) is 11.4 Å². The van der Waals surface area contributed by atoms with Gasteiger partial charge in [-0.15, -0.1) is 0 Å². The smallest absolute Gasteiger partial charge is 0.330 e. The number of benzene rings is 3. The lowest BCUT2D eigenvalue weighted by Gasteiger charge is -2.37. The fourth-order valence-electron chi connectivity index (χ4n) is 5.86. The second kappa shape index (κ2) is 14.6. The lowest BCUT2D eigenvalue weighted by Crippen LogP contribution is -2.38. The van der Waals surface area contributed by atoms with E-state index < -0.39 is 39.8 Å². The Morgan fingerprint density at radius 1 is 0.955 bits per heavy atom. The molecule has 0 aliphatic carbocycles. The van der Waals surface area contributed by atoms with Crippen molar-refractivity contribution < 1.29 is 32.6 Å². The number of para-hydroxylation sites is 1. The number of hydrogen-bond acceptors (Lipinski definition) is 7. The molecule has 1 heterocycles. The van der Waals surface area contributed by atoms with E-state index in [1.807, 2.05) is 30.3 Å². The zero-order chi connectivity index (χ0) is 31.7. The molecular formula is C34H42N2O7S. The van der Waals surface area contributed by atoms with Gasteiger partial charge < -0.3 is 24.8 Å². The van der Waals surface area contributed by atoms with Crippen LogP contribution in [0.15, 0.2) is 77.7 Å². The Kier molecular flexibility index (Phi) is 10.9. The lowest BCUT2D eigenvalue weighted by atomic mass is 9.79. The molecule has 0 radical (unpaired) electrons. The Morgan fingerprint density at radius 2 is 1.57 bits per heavy atom. The maximum absolute atomic E-state index is 14.2. The zero-order valence-corrected chi connectivity index (χ0v) is 26.4. The van der Waals surface area contributed by atoms with Crippen LogP contribution in [0.5, 0.6) is 11.5 Å². The predicted octanol–water partition coefficient (Wildman–Crippen LogP) is 6.31. The van der Waals surface area contributed by atoms with Gasteiger partial charge in [-0.25, -0.2) is 13.2 Å². The van der Waals surface area contributed by atoms with Gasteiger partial charge in [-0.3, -0.25) is 4.79 Å². The average Bonchev–Trinajstić information content (AvgIpc) is 3.12. The normalized spacial score (nSPS) is 15.8. The minimum atomic E-state index is -3.80. The van der Waals surface area contributed by atoms with Crippen molar-refractivity contribution in [3.8, 4) is 11.5 Å². The number of nitrogens with one attached hydrogen (secondary N) is 1. The Balaban J connectivity index is 1.71. The van der Waals surface area contributed by atoms with Crippen molar-refractivity contribution in [3.05, 3.63) is 78.4 Å². The minimum Gasteiger partial charge on any atom is -0.493 e. The van der Waals surface area contributed by atoms with Crippen molar-refractivity contribution in [2.24, 2.45) is 5.41 Å². The first-order chi connectivity index (χ1) is 21.1. The molecule has 3 aromatic rings. The summed E-state index contributed by atoms with van der Waals surface area (Å²) < 4.78 is 39.9. The van der Waals surface area contributed by atoms with E-state index in [0.29, 0.717) is 17.8 Å². The molecule has 1 atom stereocenters. The molecule has 4 rings (SSSR count). The highest BCUT2D eigenvalue weighted by atomic mass is 32.2. The summed E-state index contributed by atoms with van der Waals surface area (Å²) >= 11 is 0. The van der Waals surface area contributed by atoms with E-state index in [-0.39, 0.29) is 22.1 Å². The van der Waals surface area contributed by atoms with Crippen LogP contribution in [0.25, 0.3) is 0 Å². The van der Waals surface area contributed by atoms with Crippen molar-refractivity contribution in [1.29, 1.82) is 0 Å². The van der Waals surface area contributed by atoms with Gasteiger partial charge in [0.2, 0.25) is 0 Å². The summed E-state index contributed by atoms with van der Waals surface area (Å²) in [4.78, 5) is 26.9. The number of aliphatic carboxylic acids is 1. The number of rotatable bonds is 14. The van der Waals surface area contributed by atoms with E-state index >= 15 is 0 Å². The van der Waals surface area contributed by atoms with Gasteiger partial charge in [0.25, 0.3) is 5.91 Å². The van der Waals surface area contributed by atoms with Gasteiger partial charge in [0, 0.05) is 29.8 Å². The van der Waals surface area contributed by atoms with Crippen LogP contribution in [-0.4, -0.2) is 51.4 Å². The molecule has 2 N–H and O–H groups in total. The first-order valence-corrected chi connectivity index (χ1v) is 16.8. The fraction of sp³-hybridized carbons (Fsp3) is 0.412. The van der Waals surface area contributed by atoms with Crippen LogP contribution in [-0.2, 0) is 19.4 Å². The van der Waals surface area contributed by atoms with Crippen LogP contribution < -0.4 is 19.7 Å². The van der Waals surface area contributed by atoms with Crippen LogP contribution in [0, 0.1) is 5.41 Å². The molecule has 3 aromatic carbocycles. The van der Waals surface area contributed by atoms with E-state index in [2.05, 4.69) is 24.1 Å². The summed E-state index contributed by atoms with van der Waals surface area (Å²) in [5.74, 6) is -1.54. The van der Waals surface area contributed by atoms with E-state index in [0.717, 1.165) is 44.2 Å². The minimum absolute atomic E-state index is 0.0000439. The lowest BCUT2D eigenvalue weighted by molar-refractivity contribution is -0.142. The molecule has 236 valence electrons. The summed E-state index contributed by atoms with van der Waals surface area (Å²) in [6.07, 6.45) is 5.34. The Bertz CT molecular complexity index is 1520. The van der Waals surface area contributed by atoms with E-state index in [1.54, 1.807) is 36.4 Å². The zero-order valence-electron chi connectivity index (χ0n) is 25.6. The number of carbonyl (C=O) groups excluding carboxylic acids is 1. The molecule has 0 saturated carbocycles. The molecule has 0 unspecified atom stereocenters. The molecule has 0 bridgehead atoms. The number of carboxylic acids is 1. The molecule has 44 heavy (non-hydrogen) atoms. The third kappa shape index (κ3) is 7.72. The monoisotopic (exact) mass is 622 g/mol. The highest BCUT2D eigenvalue weighted by Gasteiger charge is 2.42. The number of fused-ring (bicyclic) bond motifs is 1. The second-order valence-electron chi connectivity index (χ2n) is 11.4. The third-order valence-electron chi connectivity index (χ3n) is 8.09. The number of carbonyl (C=O) groups is 2. The van der Waals surface area contributed by atoms with Gasteiger partial charge in [0.15, 0.2) is 34.0 Å². The van der Waals surface area contributed by atoms with Crippen molar-refractivity contribution >= 4 is 33.1 Å². The molecule has 1 aliphatic rings. The molecule has 9 nitrogen and oxygen atoms in total. The predicted molar refractivity (Wildman–Crippen MR) is 170 cm³/mol. The molecule has 0 aromatic heterocycles. The van der Waals surface area contributed by atoms with Crippen LogP contribution in [0.3, 0.4) is 0 Å². The number of nitrogens with zero attached hydrogens (tertiary/aromatic N) is 1. The summed E-state index contributed by atoms with van der Waals surface area (Å²) in [5.41, 5.74) is 1.32. The average molecular weight is 623 g/mol. The molecule has 1 amide bonds. The maximum Gasteiger partial charge on any atom is 0.330 e. The molecule has 1 aliphatic heterocycles. The maximum atomic E-state index is 14.2. The summed E-state index contributed by atoms with van der Waals surface area (Å²) in [6, 6.07) is 19.9. The second-order valence-corrected chi connectivity index (χ2v) is 13.4. The summed E-state index contributed by atoms with van der Waals surface area (Å²) in [7, 11) is -2.34. The van der Waals surface area contributed by atoms with Gasteiger partial charge in [0.1, 0.15) is 0 Å². The molecule has 10 heteroatoms. The van der Waals surface area contributed by atoms with Gasteiger partial charge in [0.05, 0.1) is 23.4 Å². The number of sulfone groups is 1. The number of ether oxygens (including phenoxy) is 2. The summed E-state index contributed by atoms with van der Waals surface area (Å²) in [5, 5.41) is 12.2. The van der Waals surface area contributed by atoms with E-state index in [4.69, 9.17) is 9.47 Å². The number of methoxy groups -OCH3 is 1. The van der Waals surface area contributed by atoms with Crippen molar-refractivity contribution in [1.82, 2.24) is 5.32 Å². The van der Waals surface area contributed by atoms with Crippen LogP contribution in [0.1, 0.15) is 64.0 Å². The standard InChI is InChI=1S/C34H42N2O7S/c1-4-6-18-34(19-7-5-2)23-36(26-16-12-9-13-17-26)27-20-28(42-3)29(21-30(27)44(40,41)24-34)43-22-31(37)35-32(33(38)39)25-14-10-8-11-15-25/h8-17,20-21,32H,4-7,18-19,22-24H2,1-3H3,(H,35,37)(H,38,39)/t32-/m1/s1. The topological polar surface area (TPSA) is 122 Å². The van der Waals surface area contributed by atoms with Crippen molar-refractivity contribution in [2.45, 2.75) is 63.3 Å². The number of unbranched alkanes of at least 4 members (excludes halogenated alkanes) is 2. The largest absolute Gasteiger partial charge is 0.493 e. The van der Waals surface area contributed by atoms with Crippen LogP contribution in [0.2, 0.25) is 0 Å². The van der Waals surface area contributed by atoms with Crippen LogP contribution >= 0.6 is 0 Å². The quantitative estimate of drug-likeness (QED) is 0.215. The number of hydrogen-bond donors (Lipinski definition) is 2. The van der Waals surface area contributed by atoms with Gasteiger partial charge in [-0.2, -0.15) is 0 Å². The third-order valence-corrected chi connectivity index (χ3v) is 10.1. The Morgan fingerprint density at radius 3 is 2.14 bits per heavy atom. The van der Waals surface area contributed by atoms with E-state index in [9.17, 15) is 23.1 Å². The molecule has 0 fully saturated rings. The van der Waals surface area contributed by atoms with Crippen molar-refractivity contribution in [2.75, 3.05) is 30.9 Å². The fourth-order valence-corrected chi connectivity index (χ4v) is 7.97.